The first-order chi connectivity index (χ1) is 14.0. The predicted octanol–water partition coefficient (Wildman–Crippen LogP) is 0.710. The van der Waals surface area contributed by atoms with Crippen LogP contribution >= 0.6 is 0 Å². The Bertz CT molecular complexity index is 847. The Morgan fingerprint density at radius 2 is 1.90 bits per heavy atom. The van der Waals surface area contributed by atoms with Gasteiger partial charge in [0.25, 0.3) is 11.8 Å². The number of hydrogen-bond donors (Lipinski definition) is 3. The van der Waals surface area contributed by atoms with Crippen LogP contribution in [0.25, 0.3) is 0 Å². The van der Waals surface area contributed by atoms with Gasteiger partial charge in [0.2, 0.25) is 11.8 Å². The maximum atomic E-state index is 12.8. The SMILES string of the molecule is O=C1CCC(N2C(=O)c3ccc(CNCCCC4CCCN4)cc3C2=O)C(=O)N1. The molecule has 0 saturated carbocycles. The lowest BCUT2D eigenvalue weighted by molar-refractivity contribution is -0.136. The molecule has 154 valence electrons. The predicted molar refractivity (Wildman–Crippen MR) is 105 cm³/mol. The van der Waals surface area contributed by atoms with Crippen LogP contribution in [0.5, 0.6) is 0 Å². The smallest absolute Gasteiger partial charge is 0.262 e. The summed E-state index contributed by atoms with van der Waals surface area (Å²) in [5.41, 5.74) is 1.57. The molecule has 29 heavy (non-hydrogen) atoms. The fraction of sp³-hybridized carbons (Fsp3) is 0.524. The maximum absolute atomic E-state index is 12.8. The van der Waals surface area contributed by atoms with E-state index in [0.29, 0.717) is 23.7 Å². The van der Waals surface area contributed by atoms with Crippen LogP contribution in [0.3, 0.4) is 0 Å². The zero-order valence-corrected chi connectivity index (χ0v) is 16.3. The molecule has 1 aromatic carbocycles. The Hall–Kier alpha value is -2.58. The molecule has 0 aliphatic carbocycles. The maximum Gasteiger partial charge on any atom is 0.262 e. The average molecular weight is 398 g/mol. The van der Waals surface area contributed by atoms with Gasteiger partial charge in [-0.2, -0.15) is 0 Å². The summed E-state index contributed by atoms with van der Waals surface area (Å²) in [4.78, 5) is 50.0. The highest BCUT2D eigenvalue weighted by atomic mass is 16.2. The van der Waals surface area contributed by atoms with Crippen molar-refractivity contribution in [2.75, 3.05) is 13.1 Å². The highest BCUT2D eigenvalue weighted by molar-refractivity contribution is 6.23. The molecule has 3 heterocycles. The molecule has 2 unspecified atom stereocenters. The number of imide groups is 2. The van der Waals surface area contributed by atoms with Gasteiger partial charge in [-0.15, -0.1) is 0 Å². The monoisotopic (exact) mass is 398 g/mol. The molecule has 1 aromatic rings. The van der Waals surface area contributed by atoms with E-state index >= 15 is 0 Å². The molecule has 3 aliphatic rings. The second-order valence-corrected chi connectivity index (χ2v) is 7.94. The third-order valence-electron chi connectivity index (χ3n) is 5.90. The first-order valence-corrected chi connectivity index (χ1v) is 10.3. The van der Waals surface area contributed by atoms with E-state index in [2.05, 4.69) is 16.0 Å². The zero-order valence-electron chi connectivity index (χ0n) is 16.3. The van der Waals surface area contributed by atoms with Crippen molar-refractivity contribution in [3.8, 4) is 0 Å². The van der Waals surface area contributed by atoms with Crippen molar-refractivity contribution in [3.63, 3.8) is 0 Å². The van der Waals surface area contributed by atoms with Crippen LogP contribution < -0.4 is 16.0 Å². The minimum atomic E-state index is -0.925. The third kappa shape index (κ3) is 4.09. The number of hydrogen-bond acceptors (Lipinski definition) is 6. The zero-order chi connectivity index (χ0) is 20.4. The van der Waals surface area contributed by atoms with Gasteiger partial charge in [-0.25, -0.2) is 0 Å². The molecular formula is C21H26N4O4. The second-order valence-electron chi connectivity index (χ2n) is 7.94. The Labute approximate surface area is 169 Å². The van der Waals surface area contributed by atoms with Gasteiger partial charge in [-0.05, 0) is 62.9 Å². The quantitative estimate of drug-likeness (QED) is 0.461. The Kier molecular flexibility index (Phi) is 5.73. The highest BCUT2D eigenvalue weighted by Crippen LogP contribution is 2.28. The van der Waals surface area contributed by atoms with Crippen molar-refractivity contribution < 1.29 is 19.2 Å². The lowest BCUT2D eigenvalue weighted by atomic mass is 10.0. The summed E-state index contributed by atoms with van der Waals surface area (Å²) < 4.78 is 0. The number of fused-ring (bicyclic) bond motifs is 1. The Morgan fingerprint density at radius 1 is 1.07 bits per heavy atom. The molecule has 0 aromatic heterocycles. The molecular weight excluding hydrogens is 372 g/mol. The fourth-order valence-electron chi connectivity index (χ4n) is 4.34. The summed E-state index contributed by atoms with van der Waals surface area (Å²) in [6.07, 6.45) is 5.05. The summed E-state index contributed by atoms with van der Waals surface area (Å²) >= 11 is 0. The van der Waals surface area contributed by atoms with Gasteiger partial charge in [0.1, 0.15) is 6.04 Å². The summed E-state index contributed by atoms with van der Waals surface area (Å²) in [6, 6.07) is 4.93. The lowest BCUT2D eigenvalue weighted by Gasteiger charge is -2.27. The highest BCUT2D eigenvalue weighted by Gasteiger charge is 2.44. The molecule has 2 fully saturated rings. The van der Waals surface area contributed by atoms with Crippen molar-refractivity contribution in [1.29, 1.82) is 0 Å². The molecule has 2 saturated heterocycles. The Morgan fingerprint density at radius 3 is 2.66 bits per heavy atom. The number of nitrogens with one attached hydrogen (secondary N) is 3. The van der Waals surface area contributed by atoms with Crippen molar-refractivity contribution in [1.82, 2.24) is 20.9 Å². The van der Waals surface area contributed by atoms with Crippen LogP contribution in [0, 0.1) is 0 Å². The summed E-state index contributed by atoms with van der Waals surface area (Å²) in [5.74, 6) is -1.90. The minimum absolute atomic E-state index is 0.120. The van der Waals surface area contributed by atoms with Gasteiger partial charge in [0.05, 0.1) is 11.1 Å². The molecule has 2 atom stereocenters. The van der Waals surface area contributed by atoms with E-state index < -0.39 is 23.8 Å². The van der Waals surface area contributed by atoms with Gasteiger partial charge in [-0.3, -0.25) is 29.4 Å². The van der Waals surface area contributed by atoms with E-state index in [4.69, 9.17) is 0 Å². The number of carbonyl (C=O) groups is 4. The van der Waals surface area contributed by atoms with E-state index in [1.807, 2.05) is 6.07 Å². The normalized spacial score (nSPS) is 24.2. The largest absolute Gasteiger partial charge is 0.314 e. The van der Waals surface area contributed by atoms with Gasteiger partial charge >= 0.3 is 0 Å². The summed E-state index contributed by atoms with van der Waals surface area (Å²) in [7, 11) is 0. The number of nitrogens with zero attached hydrogens (tertiary/aromatic N) is 1. The lowest BCUT2D eigenvalue weighted by Crippen LogP contribution is -2.54. The molecule has 3 aliphatic heterocycles. The van der Waals surface area contributed by atoms with Gasteiger partial charge in [-0.1, -0.05) is 6.07 Å². The van der Waals surface area contributed by atoms with E-state index in [1.54, 1.807) is 12.1 Å². The molecule has 4 rings (SSSR count). The van der Waals surface area contributed by atoms with Gasteiger partial charge in [0.15, 0.2) is 0 Å². The van der Waals surface area contributed by atoms with Crippen LogP contribution in [0.2, 0.25) is 0 Å². The number of benzene rings is 1. The molecule has 8 heteroatoms. The molecule has 8 nitrogen and oxygen atoms in total. The first kappa shape index (κ1) is 19.7. The topological polar surface area (TPSA) is 108 Å². The van der Waals surface area contributed by atoms with E-state index in [9.17, 15) is 19.2 Å². The van der Waals surface area contributed by atoms with Crippen LogP contribution in [-0.4, -0.2) is 53.7 Å². The molecule has 0 spiro atoms. The van der Waals surface area contributed by atoms with E-state index in [0.717, 1.165) is 36.4 Å². The van der Waals surface area contributed by atoms with Gasteiger partial charge in [0, 0.05) is 19.0 Å². The number of piperidine rings is 1. The van der Waals surface area contributed by atoms with Crippen LogP contribution in [0.1, 0.15) is 64.8 Å². The van der Waals surface area contributed by atoms with E-state index in [-0.39, 0.29) is 18.7 Å². The van der Waals surface area contributed by atoms with Crippen LogP contribution in [-0.2, 0) is 16.1 Å². The van der Waals surface area contributed by atoms with Crippen LogP contribution in [0.15, 0.2) is 18.2 Å². The molecule has 4 amide bonds. The van der Waals surface area contributed by atoms with Crippen molar-refractivity contribution in [3.05, 3.63) is 34.9 Å². The molecule has 0 bridgehead atoms. The number of amides is 4. The number of rotatable bonds is 7. The fourth-order valence-corrected chi connectivity index (χ4v) is 4.34. The van der Waals surface area contributed by atoms with Gasteiger partial charge < -0.3 is 10.6 Å². The first-order valence-electron chi connectivity index (χ1n) is 10.3. The van der Waals surface area contributed by atoms with E-state index in [1.165, 1.54) is 12.8 Å². The molecule has 0 radical (unpaired) electrons. The van der Waals surface area contributed by atoms with Crippen LogP contribution in [0.4, 0.5) is 0 Å². The third-order valence-corrected chi connectivity index (χ3v) is 5.90. The minimum Gasteiger partial charge on any atom is -0.314 e. The summed E-state index contributed by atoms with van der Waals surface area (Å²) in [5, 5.41) is 9.09. The summed E-state index contributed by atoms with van der Waals surface area (Å²) in [6.45, 7) is 2.63. The van der Waals surface area contributed by atoms with Crippen molar-refractivity contribution >= 4 is 23.6 Å². The second kappa shape index (κ2) is 8.42. The van der Waals surface area contributed by atoms with Crippen molar-refractivity contribution in [2.24, 2.45) is 0 Å². The standard InChI is InChI=1S/C21H26N4O4/c26-18-8-7-17(19(27)24-18)25-20(28)15-6-5-13(11-16(15)21(25)29)12-22-9-1-3-14-4-2-10-23-14/h5-6,11,14,17,22-23H,1-4,7-10,12H2,(H,24,26,27). The Balaban J connectivity index is 1.35. The average Bonchev–Trinajstić information content (AvgIpc) is 3.30. The van der Waals surface area contributed by atoms with Crippen molar-refractivity contribution in [2.45, 2.75) is 57.2 Å². The number of carbonyl (C=O) groups excluding carboxylic acids is 4. The molecule has 3 N–H and O–H groups in total.